The van der Waals surface area contributed by atoms with Gasteiger partial charge in [0, 0.05) is 24.7 Å². The summed E-state index contributed by atoms with van der Waals surface area (Å²) in [6, 6.07) is 14.5. The van der Waals surface area contributed by atoms with Gasteiger partial charge < -0.3 is 19.2 Å². The lowest BCUT2D eigenvalue weighted by atomic mass is 10.1. The molecular weight excluding hydrogens is 486 g/mol. The van der Waals surface area contributed by atoms with E-state index < -0.39 is 5.97 Å². The molecule has 0 bridgehead atoms. The van der Waals surface area contributed by atoms with Crippen molar-refractivity contribution in [3.63, 3.8) is 0 Å². The summed E-state index contributed by atoms with van der Waals surface area (Å²) in [6.07, 6.45) is 1.32. The monoisotopic (exact) mass is 511 g/mol. The fourth-order valence-corrected chi connectivity index (χ4v) is 3.32. The van der Waals surface area contributed by atoms with Crippen molar-refractivity contribution in [2.75, 3.05) is 33.2 Å². The molecule has 10 nitrogen and oxygen atoms in total. The lowest BCUT2D eigenvalue weighted by Gasteiger charge is -2.18. The lowest BCUT2D eigenvalue weighted by molar-refractivity contribution is -0.132. The Kier molecular flexibility index (Phi) is 9.20. The molecule has 0 spiro atoms. The van der Waals surface area contributed by atoms with Crippen molar-refractivity contribution >= 4 is 34.8 Å². The molecule has 0 aliphatic rings. The summed E-state index contributed by atoms with van der Waals surface area (Å²) in [7, 11) is 6.08. The molecule has 0 aliphatic heterocycles. The Balaban J connectivity index is 1.83. The number of hydrogen-bond acceptors (Lipinski definition) is 10. The maximum Gasteiger partial charge on any atom is 0.361 e. The van der Waals surface area contributed by atoms with Gasteiger partial charge in [0.15, 0.2) is 0 Å². The van der Waals surface area contributed by atoms with Crippen molar-refractivity contribution in [3.05, 3.63) is 83.2 Å². The van der Waals surface area contributed by atoms with E-state index in [1.165, 1.54) is 20.5 Å². The van der Waals surface area contributed by atoms with Crippen LogP contribution in [0.4, 0.5) is 5.82 Å². The van der Waals surface area contributed by atoms with Crippen LogP contribution in [-0.4, -0.2) is 50.0 Å². The number of carbonyl (C=O) groups is 1. The number of anilines is 1. The molecule has 0 amide bonds. The average molecular weight is 512 g/mol. The molecular formula is C25H26ClN5O5. The number of carbonyl (C=O) groups excluding carboxylic acids is 1. The Hall–Kier alpha value is -4.15. The summed E-state index contributed by atoms with van der Waals surface area (Å²) in [5.41, 5.74) is 5.03. The van der Waals surface area contributed by atoms with Crippen LogP contribution in [0.3, 0.4) is 0 Å². The number of esters is 1. The van der Waals surface area contributed by atoms with Gasteiger partial charge in [-0.1, -0.05) is 47.6 Å². The Labute approximate surface area is 214 Å². The molecule has 3 aromatic rings. The maximum absolute atomic E-state index is 12.4. The fourth-order valence-electron chi connectivity index (χ4n) is 3.11. The van der Waals surface area contributed by atoms with Crippen LogP contribution in [0.2, 0.25) is 5.02 Å². The van der Waals surface area contributed by atoms with Crippen molar-refractivity contribution in [1.82, 2.24) is 15.4 Å². The number of nitrogens with one attached hydrogen (secondary N) is 1. The SMILES string of the molecule is C=C(NOCc1cccc(Cl)c1)c1cccc(Oc2ncnc(N(C)C)c2C(=NOC)C(=O)OC)c1. The number of aromatic nitrogens is 2. The molecule has 0 saturated carbocycles. The summed E-state index contributed by atoms with van der Waals surface area (Å²) >= 11 is 6.01. The topological polar surface area (TPSA) is 107 Å². The highest BCUT2D eigenvalue weighted by atomic mass is 35.5. The van der Waals surface area contributed by atoms with Crippen LogP contribution in [0.15, 0.2) is 66.6 Å². The van der Waals surface area contributed by atoms with Crippen LogP contribution in [0.5, 0.6) is 11.6 Å². The first-order chi connectivity index (χ1) is 17.3. The molecule has 0 unspecified atom stereocenters. The van der Waals surface area contributed by atoms with Gasteiger partial charge in [0.05, 0.1) is 19.4 Å². The van der Waals surface area contributed by atoms with Gasteiger partial charge in [-0.05, 0) is 29.8 Å². The number of benzene rings is 2. The number of methoxy groups -OCH3 is 1. The van der Waals surface area contributed by atoms with Gasteiger partial charge in [-0.2, -0.15) is 0 Å². The second-order valence-corrected chi connectivity index (χ2v) is 7.95. The summed E-state index contributed by atoms with van der Waals surface area (Å²) in [4.78, 5) is 33.0. The van der Waals surface area contributed by atoms with Crippen molar-refractivity contribution in [1.29, 1.82) is 0 Å². The van der Waals surface area contributed by atoms with Crippen LogP contribution in [0.25, 0.3) is 5.70 Å². The standard InChI is InChI=1S/C25H26ClN5O5/c1-16(29-35-14-17-8-6-10-19(26)12-17)18-9-7-11-20(13-18)36-24-21(22(30-34-5)25(32)33-4)23(31(2)3)27-15-28-24/h6-13,15,29H,1,14H2,2-5H3. The Morgan fingerprint density at radius 1 is 1.14 bits per heavy atom. The zero-order valence-corrected chi connectivity index (χ0v) is 21.1. The third-order valence-electron chi connectivity index (χ3n) is 4.73. The van der Waals surface area contributed by atoms with E-state index in [0.717, 1.165) is 5.56 Å². The van der Waals surface area contributed by atoms with E-state index >= 15 is 0 Å². The number of rotatable bonds is 11. The van der Waals surface area contributed by atoms with Crippen LogP contribution in [-0.2, 0) is 25.8 Å². The van der Waals surface area contributed by atoms with E-state index in [9.17, 15) is 4.79 Å². The average Bonchev–Trinajstić information content (AvgIpc) is 2.87. The first kappa shape index (κ1) is 26.5. The molecule has 2 aromatic carbocycles. The predicted octanol–water partition coefficient (Wildman–Crippen LogP) is 4.20. The number of ether oxygens (including phenoxy) is 2. The van der Waals surface area contributed by atoms with Crippen molar-refractivity contribution in [3.8, 4) is 11.6 Å². The normalized spacial score (nSPS) is 11.0. The van der Waals surface area contributed by atoms with E-state index in [0.29, 0.717) is 34.5 Å². The molecule has 0 fully saturated rings. The minimum Gasteiger partial charge on any atom is -0.464 e. The minimum absolute atomic E-state index is 0.0860. The predicted molar refractivity (Wildman–Crippen MR) is 137 cm³/mol. The smallest absolute Gasteiger partial charge is 0.361 e. The van der Waals surface area contributed by atoms with E-state index in [1.807, 2.05) is 24.3 Å². The molecule has 36 heavy (non-hydrogen) atoms. The van der Waals surface area contributed by atoms with E-state index in [1.54, 1.807) is 43.3 Å². The first-order valence-electron chi connectivity index (χ1n) is 10.7. The second-order valence-electron chi connectivity index (χ2n) is 7.52. The van der Waals surface area contributed by atoms with Gasteiger partial charge in [0.2, 0.25) is 11.6 Å². The highest BCUT2D eigenvalue weighted by Crippen LogP contribution is 2.30. The van der Waals surface area contributed by atoms with Crippen LogP contribution < -0.4 is 15.1 Å². The molecule has 1 N–H and O–H groups in total. The van der Waals surface area contributed by atoms with Crippen LogP contribution >= 0.6 is 11.6 Å². The first-order valence-corrected chi connectivity index (χ1v) is 11.0. The summed E-state index contributed by atoms with van der Waals surface area (Å²) in [6.45, 7) is 4.31. The number of oxime groups is 1. The van der Waals surface area contributed by atoms with Gasteiger partial charge >= 0.3 is 5.97 Å². The molecule has 11 heteroatoms. The summed E-state index contributed by atoms with van der Waals surface area (Å²) in [5.74, 6) is 0.167. The second kappa shape index (κ2) is 12.5. The van der Waals surface area contributed by atoms with Crippen LogP contribution in [0, 0.1) is 0 Å². The van der Waals surface area contributed by atoms with Crippen molar-refractivity contribution in [2.45, 2.75) is 6.61 Å². The van der Waals surface area contributed by atoms with Crippen molar-refractivity contribution in [2.24, 2.45) is 5.16 Å². The van der Waals surface area contributed by atoms with Gasteiger partial charge in [0.1, 0.15) is 30.6 Å². The Bertz CT molecular complexity index is 1270. The maximum atomic E-state index is 12.4. The number of nitrogens with zero attached hydrogens (tertiary/aromatic N) is 4. The fraction of sp³-hybridized carbons (Fsp3) is 0.200. The molecule has 0 radical (unpaired) electrons. The van der Waals surface area contributed by atoms with E-state index in [2.05, 4.69) is 27.2 Å². The molecule has 0 saturated heterocycles. The van der Waals surface area contributed by atoms with Crippen LogP contribution in [0.1, 0.15) is 16.7 Å². The third-order valence-corrected chi connectivity index (χ3v) is 4.97. The van der Waals surface area contributed by atoms with Gasteiger partial charge in [-0.3, -0.25) is 10.3 Å². The molecule has 1 heterocycles. The quantitative estimate of drug-likeness (QED) is 0.230. The number of halogens is 1. The zero-order chi connectivity index (χ0) is 26.1. The highest BCUT2D eigenvalue weighted by Gasteiger charge is 2.27. The van der Waals surface area contributed by atoms with E-state index in [-0.39, 0.29) is 17.2 Å². The lowest BCUT2D eigenvalue weighted by Crippen LogP contribution is -2.24. The largest absolute Gasteiger partial charge is 0.464 e. The van der Waals surface area contributed by atoms with Gasteiger partial charge in [-0.25, -0.2) is 14.8 Å². The zero-order valence-electron chi connectivity index (χ0n) is 20.3. The Morgan fingerprint density at radius 3 is 2.61 bits per heavy atom. The third kappa shape index (κ3) is 6.71. The number of hydrogen-bond donors (Lipinski definition) is 1. The van der Waals surface area contributed by atoms with E-state index in [4.69, 9.17) is 30.7 Å². The highest BCUT2D eigenvalue weighted by molar-refractivity contribution is 6.44. The van der Waals surface area contributed by atoms with Crippen molar-refractivity contribution < 1.29 is 23.9 Å². The van der Waals surface area contributed by atoms with Gasteiger partial charge in [-0.15, -0.1) is 0 Å². The molecule has 188 valence electrons. The van der Waals surface area contributed by atoms with Gasteiger partial charge in [0.25, 0.3) is 0 Å². The molecule has 0 atom stereocenters. The molecule has 0 aliphatic carbocycles. The summed E-state index contributed by atoms with van der Waals surface area (Å²) < 4.78 is 10.9. The molecule has 1 aromatic heterocycles. The number of hydroxylamine groups is 1. The summed E-state index contributed by atoms with van der Waals surface area (Å²) in [5, 5.41) is 4.46. The molecule has 3 rings (SSSR count). The minimum atomic E-state index is -0.734. The Morgan fingerprint density at radius 2 is 1.92 bits per heavy atom.